The standard InChI is InChI=1S/C16H25BN2O6S/c1-12-5-6-13(11-14(12)17(21)22)26(23,24)19-9-7-18(8-10-19)15(20)25-16(2,3)4/h5-6,11,21-22H,7-10H2,1-4H3. The van der Waals surface area contributed by atoms with Gasteiger partial charge in [0.1, 0.15) is 5.60 Å². The van der Waals surface area contributed by atoms with E-state index in [1.54, 1.807) is 33.8 Å². The van der Waals surface area contributed by atoms with Gasteiger partial charge in [-0.25, -0.2) is 13.2 Å². The second kappa shape index (κ2) is 7.55. The molecule has 0 atom stereocenters. The highest BCUT2D eigenvalue weighted by Crippen LogP contribution is 2.19. The fraction of sp³-hybridized carbons (Fsp3) is 0.562. The SMILES string of the molecule is Cc1ccc(S(=O)(=O)N2CCN(C(=O)OC(C)(C)C)CC2)cc1B(O)O. The van der Waals surface area contributed by atoms with Crippen molar-refractivity contribution in [3.63, 3.8) is 0 Å². The molecule has 0 aliphatic carbocycles. The molecule has 1 amide bonds. The molecule has 0 aromatic heterocycles. The molecule has 26 heavy (non-hydrogen) atoms. The van der Waals surface area contributed by atoms with E-state index in [1.165, 1.54) is 21.3 Å². The van der Waals surface area contributed by atoms with Crippen molar-refractivity contribution in [3.8, 4) is 0 Å². The summed E-state index contributed by atoms with van der Waals surface area (Å²) in [5.41, 5.74) is 0.135. The van der Waals surface area contributed by atoms with Crippen molar-refractivity contribution in [1.82, 2.24) is 9.21 Å². The van der Waals surface area contributed by atoms with E-state index in [0.717, 1.165) is 0 Å². The molecule has 1 aromatic carbocycles. The van der Waals surface area contributed by atoms with Gasteiger partial charge in [0.2, 0.25) is 10.0 Å². The summed E-state index contributed by atoms with van der Waals surface area (Å²) in [6.07, 6.45) is -0.462. The Bertz CT molecular complexity index is 767. The summed E-state index contributed by atoms with van der Waals surface area (Å²) in [4.78, 5) is 13.6. The van der Waals surface area contributed by atoms with E-state index in [2.05, 4.69) is 0 Å². The Morgan fingerprint density at radius 3 is 2.23 bits per heavy atom. The predicted octanol–water partition coefficient (Wildman–Crippen LogP) is -0.0838. The molecule has 0 saturated carbocycles. The lowest BCUT2D eigenvalue weighted by Crippen LogP contribution is -2.51. The van der Waals surface area contributed by atoms with Gasteiger partial charge in [0.05, 0.1) is 4.90 Å². The van der Waals surface area contributed by atoms with Crippen LogP contribution in [0.2, 0.25) is 0 Å². The normalized spacial score (nSPS) is 16.5. The van der Waals surface area contributed by atoms with Crippen molar-refractivity contribution < 1.29 is 28.0 Å². The molecular formula is C16H25BN2O6S. The Labute approximate surface area is 154 Å². The Morgan fingerprint density at radius 2 is 1.73 bits per heavy atom. The second-order valence-corrected chi connectivity index (χ2v) is 9.20. The molecule has 1 aliphatic rings. The molecule has 0 spiro atoms. The van der Waals surface area contributed by atoms with Gasteiger partial charge in [-0.3, -0.25) is 0 Å². The fourth-order valence-electron chi connectivity index (χ4n) is 2.64. The predicted molar refractivity (Wildman–Crippen MR) is 97.6 cm³/mol. The van der Waals surface area contributed by atoms with Gasteiger partial charge in [0.15, 0.2) is 0 Å². The number of piperazine rings is 1. The highest BCUT2D eigenvalue weighted by atomic mass is 32.2. The smallest absolute Gasteiger partial charge is 0.444 e. The largest absolute Gasteiger partial charge is 0.488 e. The minimum absolute atomic E-state index is 0.00285. The van der Waals surface area contributed by atoms with Crippen LogP contribution in [0, 0.1) is 6.92 Å². The zero-order valence-electron chi connectivity index (χ0n) is 15.5. The van der Waals surface area contributed by atoms with Gasteiger partial charge in [-0.2, -0.15) is 4.31 Å². The zero-order valence-corrected chi connectivity index (χ0v) is 16.3. The van der Waals surface area contributed by atoms with Gasteiger partial charge >= 0.3 is 13.2 Å². The molecule has 144 valence electrons. The first-order valence-electron chi connectivity index (χ1n) is 8.36. The lowest BCUT2D eigenvalue weighted by molar-refractivity contribution is 0.0192. The third-order valence-electron chi connectivity index (χ3n) is 4.06. The third-order valence-corrected chi connectivity index (χ3v) is 5.95. The van der Waals surface area contributed by atoms with Gasteiger partial charge in [0, 0.05) is 26.2 Å². The van der Waals surface area contributed by atoms with Crippen LogP contribution in [0.5, 0.6) is 0 Å². The molecule has 0 radical (unpaired) electrons. The third kappa shape index (κ3) is 4.76. The number of carbonyl (C=O) groups excluding carboxylic acids is 1. The molecule has 0 unspecified atom stereocenters. The number of carbonyl (C=O) groups is 1. The van der Waals surface area contributed by atoms with Gasteiger partial charge in [-0.1, -0.05) is 11.6 Å². The lowest BCUT2D eigenvalue weighted by Gasteiger charge is -2.35. The number of hydrogen-bond acceptors (Lipinski definition) is 6. The first kappa shape index (κ1) is 20.7. The average Bonchev–Trinajstić information content (AvgIpc) is 2.53. The van der Waals surface area contributed by atoms with Crippen LogP contribution in [-0.2, 0) is 14.8 Å². The molecule has 8 nitrogen and oxygen atoms in total. The fourth-order valence-corrected chi connectivity index (χ4v) is 4.10. The maximum Gasteiger partial charge on any atom is 0.488 e. The number of amides is 1. The maximum absolute atomic E-state index is 12.8. The summed E-state index contributed by atoms with van der Waals surface area (Å²) in [5.74, 6) is 0. The lowest BCUT2D eigenvalue weighted by atomic mass is 9.77. The summed E-state index contributed by atoms with van der Waals surface area (Å²) in [5, 5.41) is 18.8. The van der Waals surface area contributed by atoms with E-state index >= 15 is 0 Å². The summed E-state index contributed by atoms with van der Waals surface area (Å²) < 4.78 is 32.2. The number of sulfonamides is 1. The molecule has 0 bridgehead atoms. The Morgan fingerprint density at radius 1 is 1.15 bits per heavy atom. The molecule has 10 heteroatoms. The molecule has 1 saturated heterocycles. The minimum Gasteiger partial charge on any atom is -0.444 e. The Kier molecular flexibility index (Phi) is 6.01. The first-order valence-corrected chi connectivity index (χ1v) is 9.80. The van der Waals surface area contributed by atoms with Gasteiger partial charge < -0.3 is 19.7 Å². The highest BCUT2D eigenvalue weighted by molar-refractivity contribution is 7.89. The van der Waals surface area contributed by atoms with E-state index in [1.807, 2.05) is 0 Å². The molecule has 2 rings (SSSR count). The second-order valence-electron chi connectivity index (χ2n) is 7.26. The van der Waals surface area contributed by atoms with E-state index < -0.39 is 28.8 Å². The topological polar surface area (TPSA) is 107 Å². The molecule has 1 fully saturated rings. The van der Waals surface area contributed by atoms with Crippen LogP contribution >= 0.6 is 0 Å². The van der Waals surface area contributed by atoms with Gasteiger partial charge in [-0.05, 0) is 45.3 Å². The van der Waals surface area contributed by atoms with E-state index in [0.29, 0.717) is 5.56 Å². The van der Waals surface area contributed by atoms with Crippen LogP contribution in [0.3, 0.4) is 0 Å². The van der Waals surface area contributed by atoms with E-state index in [4.69, 9.17) is 4.74 Å². The summed E-state index contributed by atoms with van der Waals surface area (Å²) in [6, 6.07) is 4.25. The van der Waals surface area contributed by atoms with Crippen LogP contribution in [0.15, 0.2) is 23.1 Å². The molecule has 1 heterocycles. The average molecular weight is 384 g/mol. The number of hydrogen-bond donors (Lipinski definition) is 2. The molecule has 1 aromatic rings. The van der Waals surface area contributed by atoms with Gasteiger partial charge in [-0.15, -0.1) is 0 Å². The van der Waals surface area contributed by atoms with Crippen LogP contribution in [-0.4, -0.2) is 72.7 Å². The number of aryl methyl sites for hydroxylation is 1. The van der Waals surface area contributed by atoms with Crippen molar-refractivity contribution in [2.24, 2.45) is 0 Å². The van der Waals surface area contributed by atoms with E-state index in [9.17, 15) is 23.3 Å². The Balaban J connectivity index is 2.11. The van der Waals surface area contributed by atoms with Gasteiger partial charge in [0.25, 0.3) is 0 Å². The van der Waals surface area contributed by atoms with Crippen LogP contribution < -0.4 is 5.46 Å². The monoisotopic (exact) mass is 384 g/mol. The molecule has 2 N–H and O–H groups in total. The molecular weight excluding hydrogens is 359 g/mol. The summed E-state index contributed by atoms with van der Waals surface area (Å²) in [6.45, 7) is 7.75. The van der Waals surface area contributed by atoms with Crippen molar-refractivity contribution in [3.05, 3.63) is 23.8 Å². The Hall–Kier alpha value is -1.62. The highest BCUT2D eigenvalue weighted by Gasteiger charge is 2.32. The van der Waals surface area contributed by atoms with Crippen LogP contribution in [0.25, 0.3) is 0 Å². The zero-order chi connectivity index (χ0) is 19.7. The van der Waals surface area contributed by atoms with Crippen molar-refractivity contribution in [2.45, 2.75) is 38.2 Å². The first-order chi connectivity index (χ1) is 11.9. The number of ether oxygens (including phenoxy) is 1. The van der Waals surface area contributed by atoms with Crippen molar-refractivity contribution in [2.75, 3.05) is 26.2 Å². The number of rotatable bonds is 3. The van der Waals surface area contributed by atoms with Crippen molar-refractivity contribution in [1.29, 1.82) is 0 Å². The van der Waals surface area contributed by atoms with Crippen molar-refractivity contribution >= 4 is 28.7 Å². The minimum atomic E-state index is -3.79. The van der Waals surface area contributed by atoms with E-state index in [-0.39, 0.29) is 36.5 Å². The number of benzene rings is 1. The van der Waals surface area contributed by atoms with Crippen LogP contribution in [0.1, 0.15) is 26.3 Å². The quantitative estimate of drug-likeness (QED) is 0.706. The van der Waals surface area contributed by atoms with Crippen LogP contribution in [0.4, 0.5) is 4.79 Å². The molecule has 1 aliphatic heterocycles. The maximum atomic E-state index is 12.8. The number of nitrogens with zero attached hydrogens (tertiary/aromatic N) is 2. The summed E-state index contributed by atoms with van der Waals surface area (Å²) in [7, 11) is -5.53. The summed E-state index contributed by atoms with van der Waals surface area (Å²) >= 11 is 0.